The first-order valence-corrected chi connectivity index (χ1v) is 12.5. The molecular formula is C27H33ClN2O. The van der Waals surface area contributed by atoms with Crippen LogP contribution in [0.25, 0.3) is 11.3 Å². The van der Waals surface area contributed by atoms with Crippen molar-refractivity contribution in [3.63, 3.8) is 0 Å². The number of Topliss-reactive ketones (excluding diaryl/α,β-unsaturated/α-hetero) is 1. The first kappa shape index (κ1) is 20.0. The van der Waals surface area contributed by atoms with Gasteiger partial charge in [-0.05, 0) is 86.2 Å². The van der Waals surface area contributed by atoms with E-state index in [0.717, 1.165) is 54.9 Å². The van der Waals surface area contributed by atoms with Crippen molar-refractivity contribution >= 4 is 17.4 Å². The molecule has 0 bridgehead atoms. The van der Waals surface area contributed by atoms with Crippen LogP contribution in [-0.2, 0) is 24.7 Å². The van der Waals surface area contributed by atoms with Crippen molar-refractivity contribution in [2.45, 2.75) is 65.2 Å². The molecule has 1 aromatic heterocycles. The molecule has 164 valence electrons. The van der Waals surface area contributed by atoms with Gasteiger partial charge in [0.05, 0.1) is 11.4 Å². The topological polar surface area (TPSA) is 34.9 Å². The quantitative estimate of drug-likeness (QED) is 0.528. The summed E-state index contributed by atoms with van der Waals surface area (Å²) >= 11 is 6.17. The molecule has 6 atom stereocenters. The summed E-state index contributed by atoms with van der Waals surface area (Å²) in [5.74, 6) is 3.34. The Labute approximate surface area is 190 Å². The third-order valence-electron chi connectivity index (χ3n) is 10.1. The molecule has 6 rings (SSSR count). The Morgan fingerprint density at radius 3 is 2.61 bits per heavy atom. The maximum Gasteiger partial charge on any atom is 0.139 e. The van der Waals surface area contributed by atoms with Crippen LogP contribution < -0.4 is 0 Å². The number of nitrogens with zero attached hydrogens (tertiary/aromatic N) is 2. The van der Waals surface area contributed by atoms with Gasteiger partial charge in [-0.25, -0.2) is 0 Å². The second kappa shape index (κ2) is 6.70. The molecule has 3 saturated carbocycles. The standard InChI is InChI=1S/C27H33ClN2O/c1-26-13-12-22-19(21(26)10-11-24(26)31)9-6-17-14-23-20(15-27(17,22)2)25(30(3)29-23)16-4-7-18(28)8-5-16/h4-5,7-8,17,19,21-22H,6,9-15H2,1-3H3/t17-,19-,21-,22-,26-,27-/m0/s1. The van der Waals surface area contributed by atoms with E-state index in [9.17, 15) is 4.79 Å². The smallest absolute Gasteiger partial charge is 0.139 e. The number of rotatable bonds is 1. The molecule has 3 fully saturated rings. The molecule has 2 aromatic rings. The predicted octanol–water partition coefficient (Wildman–Crippen LogP) is 6.27. The maximum atomic E-state index is 12.7. The highest BCUT2D eigenvalue weighted by molar-refractivity contribution is 6.30. The Hall–Kier alpha value is -1.61. The van der Waals surface area contributed by atoms with E-state index in [1.54, 1.807) is 0 Å². The van der Waals surface area contributed by atoms with Crippen molar-refractivity contribution in [1.29, 1.82) is 0 Å². The number of carbonyl (C=O) groups is 1. The van der Waals surface area contributed by atoms with Crippen LogP contribution in [0, 0.1) is 34.5 Å². The van der Waals surface area contributed by atoms with Gasteiger partial charge < -0.3 is 0 Å². The van der Waals surface area contributed by atoms with Crippen molar-refractivity contribution in [3.8, 4) is 11.3 Å². The van der Waals surface area contributed by atoms with Crippen molar-refractivity contribution in [2.24, 2.45) is 41.5 Å². The molecule has 1 aromatic carbocycles. The van der Waals surface area contributed by atoms with Gasteiger partial charge in [-0.2, -0.15) is 5.10 Å². The predicted molar refractivity (Wildman–Crippen MR) is 124 cm³/mol. The number of aromatic nitrogens is 2. The third kappa shape index (κ3) is 2.71. The molecule has 4 heteroatoms. The van der Waals surface area contributed by atoms with Crippen LogP contribution in [0.5, 0.6) is 0 Å². The highest BCUT2D eigenvalue weighted by Crippen LogP contribution is 2.65. The lowest BCUT2D eigenvalue weighted by Crippen LogP contribution is -2.54. The van der Waals surface area contributed by atoms with E-state index in [0.29, 0.717) is 17.1 Å². The van der Waals surface area contributed by atoms with Crippen molar-refractivity contribution in [1.82, 2.24) is 9.78 Å². The van der Waals surface area contributed by atoms with Gasteiger partial charge in [0, 0.05) is 35.0 Å². The largest absolute Gasteiger partial charge is 0.299 e. The summed E-state index contributed by atoms with van der Waals surface area (Å²) in [4.78, 5) is 12.7. The second-order valence-electron chi connectivity index (χ2n) is 11.4. The molecule has 1 heterocycles. The summed E-state index contributed by atoms with van der Waals surface area (Å²) in [6.45, 7) is 4.87. The Morgan fingerprint density at radius 1 is 1.06 bits per heavy atom. The molecule has 0 radical (unpaired) electrons. The number of fused-ring (bicyclic) bond motifs is 6. The molecule has 0 unspecified atom stereocenters. The lowest BCUT2D eigenvalue weighted by Gasteiger charge is -2.59. The van der Waals surface area contributed by atoms with E-state index >= 15 is 0 Å². The van der Waals surface area contributed by atoms with Gasteiger partial charge in [-0.1, -0.05) is 37.6 Å². The molecule has 31 heavy (non-hydrogen) atoms. The first-order chi connectivity index (χ1) is 14.8. The van der Waals surface area contributed by atoms with E-state index in [4.69, 9.17) is 16.7 Å². The zero-order valence-electron chi connectivity index (χ0n) is 19.0. The van der Waals surface area contributed by atoms with E-state index in [-0.39, 0.29) is 5.41 Å². The van der Waals surface area contributed by atoms with E-state index in [1.807, 2.05) is 12.1 Å². The Balaban J connectivity index is 1.39. The van der Waals surface area contributed by atoms with Crippen LogP contribution >= 0.6 is 11.6 Å². The third-order valence-corrected chi connectivity index (χ3v) is 10.4. The minimum Gasteiger partial charge on any atom is -0.299 e. The summed E-state index contributed by atoms with van der Waals surface area (Å²) < 4.78 is 2.10. The van der Waals surface area contributed by atoms with Gasteiger partial charge in [0.2, 0.25) is 0 Å². The molecule has 0 aliphatic heterocycles. The average Bonchev–Trinajstić information content (AvgIpc) is 3.22. The fourth-order valence-corrected chi connectivity index (χ4v) is 8.60. The summed E-state index contributed by atoms with van der Waals surface area (Å²) in [7, 11) is 2.09. The lowest BCUT2D eigenvalue weighted by molar-refractivity contribution is -0.136. The fraction of sp³-hybridized carbons (Fsp3) is 0.630. The van der Waals surface area contributed by atoms with Crippen LogP contribution in [0.3, 0.4) is 0 Å². The number of halogens is 1. The molecule has 0 saturated heterocycles. The summed E-state index contributed by atoms with van der Waals surface area (Å²) in [5, 5.41) is 5.77. The zero-order chi connectivity index (χ0) is 21.5. The molecule has 4 aliphatic rings. The van der Waals surface area contributed by atoms with Crippen molar-refractivity contribution < 1.29 is 4.79 Å². The molecule has 3 nitrogen and oxygen atoms in total. The molecule has 4 aliphatic carbocycles. The number of benzene rings is 1. The number of hydrogen-bond donors (Lipinski definition) is 0. The molecular weight excluding hydrogens is 404 g/mol. The first-order valence-electron chi connectivity index (χ1n) is 12.2. The van der Waals surface area contributed by atoms with Gasteiger partial charge in [0.25, 0.3) is 0 Å². The van der Waals surface area contributed by atoms with Crippen LogP contribution in [0.15, 0.2) is 24.3 Å². The Kier molecular flexibility index (Phi) is 4.33. The van der Waals surface area contributed by atoms with Gasteiger partial charge >= 0.3 is 0 Å². The number of ketones is 1. The minimum atomic E-state index is -0.0348. The maximum absolute atomic E-state index is 12.7. The number of hydrogen-bond acceptors (Lipinski definition) is 2. The normalized spacial score (nSPS) is 38.9. The van der Waals surface area contributed by atoms with E-state index < -0.39 is 0 Å². The Morgan fingerprint density at radius 2 is 1.84 bits per heavy atom. The molecule has 0 amide bonds. The SMILES string of the molecule is Cn1nc2c(c1-c1ccc(Cl)cc1)C[C@@]1(C)[C@@H](CC[C@@H]3[C@@H]1CC[C@]1(C)C(=O)CC[C@@H]31)C2. The molecule has 0 N–H and O–H groups in total. The van der Waals surface area contributed by atoms with E-state index in [2.05, 4.69) is 37.7 Å². The van der Waals surface area contributed by atoms with Crippen molar-refractivity contribution in [2.75, 3.05) is 0 Å². The summed E-state index contributed by atoms with van der Waals surface area (Å²) in [5.41, 5.74) is 5.53. The van der Waals surface area contributed by atoms with Crippen LogP contribution in [0.4, 0.5) is 0 Å². The second-order valence-corrected chi connectivity index (χ2v) is 11.8. The van der Waals surface area contributed by atoms with Gasteiger partial charge in [0.15, 0.2) is 0 Å². The average molecular weight is 437 g/mol. The van der Waals surface area contributed by atoms with Gasteiger partial charge in [-0.3, -0.25) is 9.48 Å². The zero-order valence-corrected chi connectivity index (χ0v) is 19.7. The highest BCUT2D eigenvalue weighted by Gasteiger charge is 2.60. The number of aryl methyl sites for hydroxylation is 1. The fourth-order valence-electron chi connectivity index (χ4n) is 8.47. The van der Waals surface area contributed by atoms with Gasteiger partial charge in [0.1, 0.15) is 5.78 Å². The molecule has 0 spiro atoms. The minimum absolute atomic E-state index is 0.0348. The van der Waals surface area contributed by atoms with Crippen LogP contribution in [-0.4, -0.2) is 15.6 Å². The lowest BCUT2D eigenvalue weighted by atomic mass is 9.45. The van der Waals surface area contributed by atoms with Crippen molar-refractivity contribution in [3.05, 3.63) is 40.5 Å². The van der Waals surface area contributed by atoms with E-state index in [1.165, 1.54) is 41.8 Å². The Bertz CT molecular complexity index is 1060. The monoisotopic (exact) mass is 436 g/mol. The highest BCUT2D eigenvalue weighted by atomic mass is 35.5. The summed E-state index contributed by atoms with van der Waals surface area (Å²) in [6.07, 6.45) is 9.11. The number of carbonyl (C=O) groups excluding carboxylic acids is 1. The summed E-state index contributed by atoms with van der Waals surface area (Å²) in [6, 6.07) is 8.24. The van der Waals surface area contributed by atoms with Gasteiger partial charge in [-0.15, -0.1) is 0 Å². The van der Waals surface area contributed by atoms with Crippen LogP contribution in [0.2, 0.25) is 5.02 Å². The van der Waals surface area contributed by atoms with Crippen LogP contribution in [0.1, 0.15) is 63.6 Å².